The second kappa shape index (κ2) is 10.8. The number of nitrogens with one attached hydrogen (secondary N) is 1. The number of thioether (sulfide) groups is 1. The Balaban J connectivity index is 1.36. The van der Waals surface area contributed by atoms with E-state index in [0.29, 0.717) is 23.4 Å². The van der Waals surface area contributed by atoms with Crippen LogP contribution in [-0.4, -0.2) is 31.4 Å². The highest BCUT2D eigenvalue weighted by molar-refractivity contribution is 7.99. The Labute approximate surface area is 207 Å². The zero-order valence-electron chi connectivity index (χ0n) is 19.7. The van der Waals surface area contributed by atoms with Crippen LogP contribution < -0.4 is 10.1 Å². The molecule has 9 heteroatoms. The van der Waals surface area contributed by atoms with Gasteiger partial charge in [0.2, 0.25) is 5.91 Å². The SMILES string of the molecule is CCn1c(COc2c(C)cccc2C)nnc1SCC(=O)Nc1nc(-c2ccccc2)c(C)s1. The first-order valence-electron chi connectivity index (χ1n) is 11.0. The van der Waals surface area contributed by atoms with Crippen molar-refractivity contribution >= 4 is 34.1 Å². The van der Waals surface area contributed by atoms with Gasteiger partial charge in [-0.3, -0.25) is 4.79 Å². The molecule has 0 aliphatic carbocycles. The number of aryl methyl sites for hydroxylation is 3. The van der Waals surface area contributed by atoms with Crippen LogP contribution >= 0.6 is 23.1 Å². The topological polar surface area (TPSA) is 81.9 Å². The van der Waals surface area contributed by atoms with Crippen LogP contribution in [0.25, 0.3) is 11.3 Å². The van der Waals surface area contributed by atoms with Crippen LogP contribution in [-0.2, 0) is 17.9 Å². The molecular formula is C25H27N5O2S2. The lowest BCUT2D eigenvalue weighted by Crippen LogP contribution is -2.14. The highest BCUT2D eigenvalue weighted by atomic mass is 32.2. The first kappa shape index (κ1) is 24.0. The van der Waals surface area contributed by atoms with Gasteiger partial charge in [-0.2, -0.15) is 0 Å². The number of nitrogens with zero attached hydrogens (tertiary/aromatic N) is 4. The smallest absolute Gasteiger partial charge is 0.236 e. The van der Waals surface area contributed by atoms with Crippen molar-refractivity contribution in [3.63, 3.8) is 0 Å². The fraction of sp³-hybridized carbons (Fsp3) is 0.280. The predicted octanol–water partition coefficient (Wildman–Crippen LogP) is 5.66. The number of anilines is 1. The summed E-state index contributed by atoms with van der Waals surface area (Å²) in [6.07, 6.45) is 0. The number of carbonyl (C=O) groups is 1. The molecule has 0 unspecified atom stereocenters. The highest BCUT2D eigenvalue weighted by Crippen LogP contribution is 2.30. The number of carbonyl (C=O) groups excluding carboxylic acids is 1. The van der Waals surface area contributed by atoms with E-state index in [2.05, 4.69) is 20.5 Å². The van der Waals surface area contributed by atoms with Gasteiger partial charge < -0.3 is 14.6 Å². The maximum Gasteiger partial charge on any atom is 0.236 e. The summed E-state index contributed by atoms with van der Waals surface area (Å²) in [4.78, 5) is 18.3. The number of rotatable bonds is 9. The Morgan fingerprint density at radius 3 is 2.50 bits per heavy atom. The second-order valence-corrected chi connectivity index (χ2v) is 9.93. The zero-order chi connectivity index (χ0) is 24.1. The van der Waals surface area contributed by atoms with Crippen LogP contribution in [0.1, 0.15) is 28.8 Å². The average molecular weight is 494 g/mol. The van der Waals surface area contributed by atoms with Crippen LogP contribution in [0.2, 0.25) is 0 Å². The van der Waals surface area contributed by atoms with Gasteiger partial charge in [0.05, 0.1) is 11.4 Å². The van der Waals surface area contributed by atoms with E-state index in [0.717, 1.165) is 38.8 Å². The Morgan fingerprint density at radius 2 is 1.79 bits per heavy atom. The van der Waals surface area contributed by atoms with Crippen LogP contribution in [0.3, 0.4) is 0 Å². The first-order chi connectivity index (χ1) is 16.5. The molecule has 4 rings (SSSR count). The monoisotopic (exact) mass is 493 g/mol. The number of amides is 1. The normalized spacial score (nSPS) is 10.9. The highest BCUT2D eigenvalue weighted by Gasteiger charge is 2.16. The summed E-state index contributed by atoms with van der Waals surface area (Å²) in [5.74, 6) is 1.69. The van der Waals surface area contributed by atoms with Gasteiger partial charge in [-0.15, -0.1) is 21.5 Å². The van der Waals surface area contributed by atoms with Crippen LogP contribution in [0.4, 0.5) is 5.13 Å². The maximum absolute atomic E-state index is 12.6. The first-order valence-corrected chi connectivity index (χ1v) is 12.8. The molecule has 0 aliphatic heterocycles. The molecule has 2 aromatic heterocycles. The van der Waals surface area contributed by atoms with Gasteiger partial charge in [-0.1, -0.05) is 60.3 Å². The summed E-state index contributed by atoms with van der Waals surface area (Å²) in [5, 5.41) is 12.8. The lowest BCUT2D eigenvalue weighted by Gasteiger charge is -2.12. The van der Waals surface area contributed by atoms with Gasteiger partial charge in [0, 0.05) is 17.0 Å². The standard InChI is InChI=1S/C25H27N5O2S2/c1-5-30-20(14-32-23-16(2)10-9-11-17(23)3)28-29-25(30)33-15-21(31)26-24-27-22(18(4)34-24)19-12-7-6-8-13-19/h6-13H,5,14-15H2,1-4H3,(H,26,27,31). The van der Waals surface area contributed by atoms with E-state index in [4.69, 9.17) is 4.74 Å². The maximum atomic E-state index is 12.6. The van der Waals surface area contributed by atoms with Crippen molar-refractivity contribution in [3.05, 3.63) is 70.4 Å². The third-order valence-electron chi connectivity index (χ3n) is 5.29. The van der Waals surface area contributed by atoms with Crippen molar-refractivity contribution in [2.45, 2.75) is 46.0 Å². The Bertz CT molecular complexity index is 1260. The van der Waals surface area contributed by atoms with Crippen molar-refractivity contribution in [3.8, 4) is 17.0 Å². The quantitative estimate of drug-likeness (QED) is 0.303. The fourth-order valence-electron chi connectivity index (χ4n) is 3.61. The lowest BCUT2D eigenvalue weighted by molar-refractivity contribution is -0.113. The molecule has 176 valence electrons. The lowest BCUT2D eigenvalue weighted by atomic mass is 10.1. The van der Waals surface area contributed by atoms with Gasteiger partial charge in [-0.05, 0) is 38.8 Å². The predicted molar refractivity (Wildman–Crippen MR) is 138 cm³/mol. The molecule has 0 fully saturated rings. The number of hydrogen-bond acceptors (Lipinski definition) is 7. The molecule has 2 aromatic carbocycles. The molecule has 0 aliphatic rings. The number of hydrogen-bond donors (Lipinski definition) is 1. The third kappa shape index (κ3) is 5.48. The van der Waals surface area contributed by atoms with E-state index in [-0.39, 0.29) is 11.7 Å². The molecule has 1 N–H and O–H groups in total. The number of benzene rings is 2. The summed E-state index contributed by atoms with van der Waals surface area (Å²) in [6, 6.07) is 16.0. The molecule has 0 saturated carbocycles. The largest absolute Gasteiger partial charge is 0.485 e. The third-order valence-corrected chi connectivity index (χ3v) is 7.14. The number of thiazole rings is 1. The fourth-order valence-corrected chi connectivity index (χ4v) is 5.29. The van der Waals surface area contributed by atoms with Gasteiger partial charge in [0.15, 0.2) is 16.1 Å². The molecule has 0 atom stereocenters. The molecule has 4 aromatic rings. The minimum absolute atomic E-state index is 0.127. The molecule has 0 spiro atoms. The summed E-state index contributed by atoms with van der Waals surface area (Å²) in [6.45, 7) is 9.10. The zero-order valence-corrected chi connectivity index (χ0v) is 21.3. The molecule has 0 saturated heterocycles. The Hall–Kier alpha value is -3.17. The van der Waals surface area contributed by atoms with E-state index in [1.807, 2.05) is 80.8 Å². The van der Waals surface area contributed by atoms with Crippen molar-refractivity contribution in [1.82, 2.24) is 19.7 Å². The van der Waals surface area contributed by atoms with Crippen molar-refractivity contribution < 1.29 is 9.53 Å². The average Bonchev–Trinajstić information content (AvgIpc) is 3.40. The van der Waals surface area contributed by atoms with Gasteiger partial charge in [0.1, 0.15) is 12.4 Å². The molecule has 0 bridgehead atoms. The molecule has 1 amide bonds. The molecule has 0 radical (unpaired) electrons. The number of ether oxygens (including phenoxy) is 1. The van der Waals surface area contributed by atoms with Gasteiger partial charge >= 0.3 is 0 Å². The van der Waals surface area contributed by atoms with Crippen molar-refractivity contribution in [1.29, 1.82) is 0 Å². The van der Waals surface area contributed by atoms with Crippen LogP contribution in [0.5, 0.6) is 5.75 Å². The minimum atomic E-state index is -0.127. The summed E-state index contributed by atoms with van der Waals surface area (Å²) >= 11 is 2.83. The van der Waals surface area contributed by atoms with Gasteiger partial charge in [0.25, 0.3) is 0 Å². The Morgan fingerprint density at radius 1 is 1.06 bits per heavy atom. The molecular weight excluding hydrogens is 466 g/mol. The summed E-state index contributed by atoms with van der Waals surface area (Å²) in [5.41, 5.74) is 4.11. The van der Waals surface area contributed by atoms with Crippen molar-refractivity contribution in [2.75, 3.05) is 11.1 Å². The molecule has 2 heterocycles. The van der Waals surface area contributed by atoms with Gasteiger partial charge in [-0.25, -0.2) is 4.98 Å². The molecule has 7 nitrogen and oxygen atoms in total. The van der Waals surface area contributed by atoms with E-state index >= 15 is 0 Å². The van der Waals surface area contributed by atoms with E-state index < -0.39 is 0 Å². The summed E-state index contributed by atoms with van der Waals surface area (Å²) < 4.78 is 8.02. The van der Waals surface area contributed by atoms with E-state index in [1.165, 1.54) is 23.1 Å². The van der Waals surface area contributed by atoms with E-state index in [1.54, 1.807) is 0 Å². The number of aromatic nitrogens is 4. The van der Waals surface area contributed by atoms with E-state index in [9.17, 15) is 4.79 Å². The van der Waals surface area contributed by atoms with Crippen LogP contribution in [0.15, 0.2) is 53.7 Å². The second-order valence-electron chi connectivity index (χ2n) is 7.78. The Kier molecular flexibility index (Phi) is 7.64. The van der Waals surface area contributed by atoms with Crippen LogP contribution in [0, 0.1) is 20.8 Å². The van der Waals surface area contributed by atoms with Crippen molar-refractivity contribution in [2.24, 2.45) is 0 Å². The molecule has 34 heavy (non-hydrogen) atoms. The summed E-state index contributed by atoms with van der Waals surface area (Å²) in [7, 11) is 0. The minimum Gasteiger partial charge on any atom is -0.485 e. The number of para-hydroxylation sites is 1.